The topological polar surface area (TPSA) is 86.6 Å². The van der Waals surface area contributed by atoms with E-state index in [9.17, 15) is 13.2 Å². The fraction of sp³-hybridized carbons (Fsp3) is 0.286. The van der Waals surface area contributed by atoms with Crippen LogP contribution < -0.4 is 9.46 Å². The van der Waals surface area contributed by atoms with Gasteiger partial charge in [-0.1, -0.05) is 6.07 Å². The summed E-state index contributed by atoms with van der Waals surface area (Å²) < 4.78 is 40.5. The molecule has 0 unspecified atom stereocenters. The van der Waals surface area contributed by atoms with E-state index in [1.165, 1.54) is 7.11 Å². The first-order valence-electron chi connectivity index (χ1n) is 9.09. The Bertz CT molecular complexity index is 1140. The summed E-state index contributed by atoms with van der Waals surface area (Å²) in [6, 6.07) is 10.6. The molecule has 0 saturated carbocycles. The molecule has 29 heavy (non-hydrogen) atoms. The molecule has 1 N–H and O–H groups in total. The largest absolute Gasteiger partial charge is 0.497 e. The van der Waals surface area contributed by atoms with Crippen molar-refractivity contribution >= 4 is 32.6 Å². The molecule has 1 heterocycles. The van der Waals surface area contributed by atoms with E-state index in [1.807, 2.05) is 22.9 Å². The van der Waals surface area contributed by atoms with Gasteiger partial charge < -0.3 is 14.0 Å². The van der Waals surface area contributed by atoms with Crippen molar-refractivity contribution in [2.75, 3.05) is 18.9 Å². The molecule has 7 nitrogen and oxygen atoms in total. The number of carbonyl (C=O) groups excluding carboxylic acids is 1. The highest BCUT2D eigenvalue weighted by Gasteiger charge is 2.21. The summed E-state index contributed by atoms with van der Waals surface area (Å²) in [7, 11) is -0.883. The molecule has 8 heteroatoms. The zero-order chi connectivity index (χ0) is 21.2. The van der Waals surface area contributed by atoms with Crippen LogP contribution in [0.4, 0.5) is 5.69 Å². The lowest BCUT2D eigenvalue weighted by atomic mass is 10.1. The molecule has 2 aromatic carbocycles. The summed E-state index contributed by atoms with van der Waals surface area (Å²) in [4.78, 5) is 11.7. The van der Waals surface area contributed by atoms with E-state index in [-0.39, 0.29) is 17.3 Å². The third-order valence-corrected chi connectivity index (χ3v) is 6.43. The predicted molar refractivity (Wildman–Crippen MR) is 112 cm³/mol. The maximum absolute atomic E-state index is 13.0. The predicted octanol–water partition coefficient (Wildman–Crippen LogP) is 3.63. The Morgan fingerprint density at radius 2 is 1.76 bits per heavy atom. The Morgan fingerprint density at radius 1 is 1.07 bits per heavy atom. The molecule has 0 aliphatic carbocycles. The maximum Gasteiger partial charge on any atom is 0.307 e. The molecule has 0 amide bonds. The van der Waals surface area contributed by atoms with Crippen molar-refractivity contribution in [3.63, 3.8) is 0 Å². The van der Waals surface area contributed by atoms with E-state index in [2.05, 4.69) is 9.46 Å². The Kier molecular flexibility index (Phi) is 5.83. The lowest BCUT2D eigenvalue weighted by Crippen LogP contribution is -2.16. The number of nitrogens with one attached hydrogen (secondary N) is 1. The highest BCUT2D eigenvalue weighted by molar-refractivity contribution is 7.92. The third-order valence-electron chi connectivity index (χ3n) is 4.75. The van der Waals surface area contributed by atoms with Crippen molar-refractivity contribution in [2.24, 2.45) is 0 Å². The number of benzene rings is 2. The Morgan fingerprint density at radius 3 is 2.38 bits per heavy atom. The second-order valence-corrected chi connectivity index (χ2v) is 8.42. The van der Waals surface area contributed by atoms with Crippen LogP contribution in [0.5, 0.6) is 5.75 Å². The van der Waals surface area contributed by atoms with Crippen molar-refractivity contribution in [2.45, 2.75) is 31.7 Å². The van der Waals surface area contributed by atoms with Crippen molar-refractivity contribution in [1.82, 2.24) is 4.57 Å². The number of esters is 1. The molecule has 0 radical (unpaired) electrons. The summed E-state index contributed by atoms with van der Waals surface area (Å²) >= 11 is 0. The lowest BCUT2D eigenvalue weighted by Gasteiger charge is -2.15. The number of carbonyl (C=O) groups is 1. The van der Waals surface area contributed by atoms with Crippen LogP contribution >= 0.6 is 0 Å². The minimum atomic E-state index is -3.78. The van der Waals surface area contributed by atoms with Gasteiger partial charge in [-0.15, -0.1) is 0 Å². The third kappa shape index (κ3) is 4.37. The number of aryl methyl sites for hydroxylation is 3. The van der Waals surface area contributed by atoms with Crippen LogP contribution in [0.2, 0.25) is 0 Å². The standard InChI is InChI=1S/C21H24N2O5S/c1-14-11-18(27-3)12-15(2)21(14)29(25,26)22-17-6-5-16-7-9-23(19(16)13-17)10-8-20(24)28-4/h5-7,9,11-13,22H,8,10H2,1-4H3. The summed E-state index contributed by atoms with van der Waals surface area (Å²) in [6.07, 6.45) is 2.10. The van der Waals surface area contributed by atoms with Gasteiger partial charge in [0.2, 0.25) is 0 Å². The average molecular weight is 416 g/mol. The molecule has 0 spiro atoms. The number of hydrogen-bond donors (Lipinski definition) is 1. The fourth-order valence-electron chi connectivity index (χ4n) is 3.41. The molecule has 1 aromatic heterocycles. The quantitative estimate of drug-likeness (QED) is 0.595. The van der Waals surface area contributed by atoms with Crippen molar-refractivity contribution in [3.8, 4) is 5.75 Å². The number of methoxy groups -OCH3 is 2. The number of fused-ring (bicyclic) bond motifs is 1. The number of sulfonamides is 1. The SMILES string of the molecule is COC(=O)CCn1ccc2ccc(NS(=O)(=O)c3c(C)cc(OC)cc3C)cc21. The molecular formula is C21H24N2O5S. The van der Waals surface area contributed by atoms with E-state index in [4.69, 9.17) is 4.74 Å². The molecule has 0 fully saturated rings. The summed E-state index contributed by atoms with van der Waals surface area (Å²) in [5.74, 6) is 0.318. The first-order chi connectivity index (χ1) is 13.7. The van der Waals surface area contributed by atoms with Gasteiger partial charge >= 0.3 is 5.97 Å². The van der Waals surface area contributed by atoms with Gasteiger partial charge in [0, 0.05) is 12.7 Å². The van der Waals surface area contributed by atoms with Crippen LogP contribution in [-0.2, 0) is 26.1 Å². The highest BCUT2D eigenvalue weighted by Crippen LogP contribution is 2.28. The Balaban J connectivity index is 1.92. The van der Waals surface area contributed by atoms with Crippen LogP contribution in [0.1, 0.15) is 17.5 Å². The van der Waals surface area contributed by atoms with E-state index >= 15 is 0 Å². The van der Waals surface area contributed by atoms with Gasteiger partial charge in [-0.2, -0.15) is 0 Å². The van der Waals surface area contributed by atoms with Crippen LogP contribution in [0.3, 0.4) is 0 Å². The zero-order valence-corrected chi connectivity index (χ0v) is 17.7. The number of anilines is 1. The minimum Gasteiger partial charge on any atom is -0.497 e. The average Bonchev–Trinajstić information content (AvgIpc) is 3.07. The number of hydrogen-bond acceptors (Lipinski definition) is 5. The lowest BCUT2D eigenvalue weighted by molar-refractivity contribution is -0.140. The van der Waals surface area contributed by atoms with Gasteiger partial charge in [0.1, 0.15) is 5.75 Å². The Hall–Kier alpha value is -3.00. The smallest absolute Gasteiger partial charge is 0.307 e. The van der Waals surface area contributed by atoms with Crippen LogP contribution in [0, 0.1) is 13.8 Å². The van der Waals surface area contributed by atoms with Crippen molar-refractivity contribution in [1.29, 1.82) is 0 Å². The normalized spacial score (nSPS) is 11.4. The molecule has 0 aliphatic rings. The van der Waals surface area contributed by atoms with Crippen LogP contribution in [0.25, 0.3) is 10.9 Å². The fourth-order valence-corrected chi connectivity index (χ4v) is 4.92. The molecule has 3 aromatic rings. The maximum atomic E-state index is 13.0. The van der Waals surface area contributed by atoms with Crippen LogP contribution in [-0.4, -0.2) is 33.2 Å². The highest BCUT2D eigenvalue weighted by atomic mass is 32.2. The van der Waals surface area contributed by atoms with E-state index in [0.29, 0.717) is 29.1 Å². The Labute approximate surface area is 170 Å². The molecule has 0 aliphatic heterocycles. The number of nitrogens with zero attached hydrogens (tertiary/aromatic N) is 1. The molecule has 154 valence electrons. The zero-order valence-electron chi connectivity index (χ0n) is 16.9. The summed E-state index contributed by atoms with van der Waals surface area (Å²) in [6.45, 7) is 3.93. The van der Waals surface area contributed by atoms with E-state index < -0.39 is 10.0 Å². The van der Waals surface area contributed by atoms with E-state index in [1.54, 1.807) is 45.2 Å². The molecule has 0 atom stereocenters. The number of aromatic nitrogens is 1. The van der Waals surface area contributed by atoms with Crippen molar-refractivity contribution < 1.29 is 22.7 Å². The van der Waals surface area contributed by atoms with Gasteiger partial charge in [-0.05, 0) is 60.7 Å². The van der Waals surface area contributed by atoms with Gasteiger partial charge in [-0.3, -0.25) is 9.52 Å². The van der Waals surface area contributed by atoms with Crippen molar-refractivity contribution in [3.05, 3.63) is 53.7 Å². The first kappa shape index (κ1) is 20.7. The second kappa shape index (κ2) is 8.16. The minimum absolute atomic E-state index is 0.236. The molecule has 3 rings (SSSR count). The molecule has 0 saturated heterocycles. The van der Waals surface area contributed by atoms with Crippen LogP contribution in [0.15, 0.2) is 47.5 Å². The first-order valence-corrected chi connectivity index (χ1v) is 10.6. The summed E-state index contributed by atoms with van der Waals surface area (Å²) in [5, 5.41) is 0.953. The summed E-state index contributed by atoms with van der Waals surface area (Å²) in [5.41, 5.74) is 2.50. The van der Waals surface area contributed by atoms with Gasteiger partial charge in [-0.25, -0.2) is 8.42 Å². The van der Waals surface area contributed by atoms with Gasteiger partial charge in [0.05, 0.1) is 36.7 Å². The van der Waals surface area contributed by atoms with Gasteiger partial charge in [0.25, 0.3) is 10.0 Å². The van der Waals surface area contributed by atoms with Gasteiger partial charge in [0.15, 0.2) is 0 Å². The second-order valence-electron chi connectivity index (χ2n) is 6.80. The van der Waals surface area contributed by atoms with E-state index in [0.717, 1.165) is 10.9 Å². The number of ether oxygens (including phenoxy) is 2. The monoisotopic (exact) mass is 416 g/mol. The molecule has 0 bridgehead atoms. The number of rotatable bonds is 7. The molecular weight excluding hydrogens is 392 g/mol.